The van der Waals surface area contributed by atoms with Crippen LogP contribution < -0.4 is 16.3 Å². The molecule has 0 bridgehead atoms. The number of hydrogen-bond donors (Lipinski definition) is 2. The molecule has 10 heteroatoms. The first-order valence-electron chi connectivity index (χ1n) is 9.57. The first-order valence-corrected chi connectivity index (χ1v) is 9.95. The number of benzene rings is 2. The van der Waals surface area contributed by atoms with Crippen molar-refractivity contribution in [1.29, 1.82) is 0 Å². The minimum Gasteiger partial charge on any atom is -0.348 e. The van der Waals surface area contributed by atoms with Gasteiger partial charge in [-0.2, -0.15) is 0 Å². The summed E-state index contributed by atoms with van der Waals surface area (Å²) in [6.07, 6.45) is 1.37. The maximum atomic E-state index is 13.2. The van der Waals surface area contributed by atoms with Crippen molar-refractivity contribution in [2.75, 3.05) is 5.32 Å². The minimum atomic E-state index is -0.607. The number of pyridine rings is 1. The zero-order valence-electron chi connectivity index (χ0n) is 16.6. The van der Waals surface area contributed by atoms with Crippen molar-refractivity contribution in [3.8, 4) is 0 Å². The molecule has 2 aromatic heterocycles. The van der Waals surface area contributed by atoms with Crippen molar-refractivity contribution < 1.29 is 14.0 Å². The summed E-state index contributed by atoms with van der Waals surface area (Å²) in [5, 5.41) is 9.29. The van der Waals surface area contributed by atoms with Crippen LogP contribution in [0.3, 0.4) is 0 Å². The van der Waals surface area contributed by atoms with Crippen LogP contribution >= 0.6 is 11.6 Å². The third kappa shape index (κ3) is 4.68. The number of amides is 2. The second-order valence-electron chi connectivity index (χ2n) is 6.93. The van der Waals surface area contributed by atoms with Crippen LogP contribution in [0.15, 0.2) is 71.7 Å². The number of carbonyl (C=O) groups is 2. The Morgan fingerprint density at radius 3 is 2.59 bits per heavy atom. The van der Waals surface area contributed by atoms with Crippen molar-refractivity contribution >= 4 is 34.7 Å². The van der Waals surface area contributed by atoms with E-state index in [2.05, 4.69) is 15.7 Å². The molecule has 0 aliphatic rings. The van der Waals surface area contributed by atoms with E-state index in [9.17, 15) is 18.8 Å². The predicted octanol–water partition coefficient (Wildman–Crippen LogP) is 2.86. The third-order valence-corrected chi connectivity index (χ3v) is 4.92. The lowest BCUT2D eigenvalue weighted by molar-refractivity contribution is -0.117. The average molecular weight is 454 g/mol. The molecule has 0 fully saturated rings. The van der Waals surface area contributed by atoms with Crippen molar-refractivity contribution in [1.82, 2.24) is 19.5 Å². The summed E-state index contributed by atoms with van der Waals surface area (Å²) in [4.78, 5) is 37.4. The molecule has 0 atom stereocenters. The maximum Gasteiger partial charge on any atom is 0.350 e. The van der Waals surface area contributed by atoms with E-state index in [-0.39, 0.29) is 34.4 Å². The van der Waals surface area contributed by atoms with Gasteiger partial charge in [-0.15, -0.1) is 5.10 Å². The van der Waals surface area contributed by atoms with Gasteiger partial charge in [-0.25, -0.2) is 18.3 Å². The Balaban J connectivity index is 1.47. The number of fused-ring (bicyclic) bond motifs is 1. The molecule has 0 spiro atoms. The maximum absolute atomic E-state index is 13.2. The molecule has 0 aliphatic carbocycles. The molecular weight excluding hydrogens is 437 g/mol. The minimum absolute atomic E-state index is 0.134. The summed E-state index contributed by atoms with van der Waals surface area (Å²) in [6, 6.07) is 16.2. The zero-order valence-corrected chi connectivity index (χ0v) is 17.3. The zero-order chi connectivity index (χ0) is 22.7. The van der Waals surface area contributed by atoms with Gasteiger partial charge in [0.2, 0.25) is 5.91 Å². The van der Waals surface area contributed by atoms with Gasteiger partial charge in [0.15, 0.2) is 5.65 Å². The first-order chi connectivity index (χ1) is 15.4. The van der Waals surface area contributed by atoms with Crippen LogP contribution in [0.2, 0.25) is 5.02 Å². The predicted molar refractivity (Wildman–Crippen MR) is 117 cm³/mol. The molecule has 4 rings (SSSR count). The summed E-state index contributed by atoms with van der Waals surface area (Å²) in [6.45, 7) is -0.0233. The monoisotopic (exact) mass is 453 g/mol. The Morgan fingerprint density at radius 2 is 1.84 bits per heavy atom. The highest BCUT2D eigenvalue weighted by Gasteiger charge is 2.14. The van der Waals surface area contributed by atoms with Crippen LogP contribution in [0.1, 0.15) is 15.9 Å². The molecule has 4 aromatic rings. The average Bonchev–Trinajstić information content (AvgIpc) is 3.10. The molecule has 2 amide bonds. The molecule has 2 aromatic carbocycles. The lowest BCUT2D eigenvalue weighted by Gasteiger charge is -2.05. The lowest BCUT2D eigenvalue weighted by Crippen LogP contribution is -2.28. The summed E-state index contributed by atoms with van der Waals surface area (Å²) in [7, 11) is 0. The summed E-state index contributed by atoms with van der Waals surface area (Å²) >= 11 is 5.70. The second-order valence-corrected chi connectivity index (χ2v) is 7.34. The molecule has 32 heavy (non-hydrogen) atoms. The highest BCUT2D eigenvalue weighted by molar-refractivity contribution is 6.31. The Morgan fingerprint density at radius 1 is 1.06 bits per heavy atom. The number of rotatable bonds is 6. The Kier molecular flexibility index (Phi) is 6.00. The van der Waals surface area contributed by atoms with E-state index in [0.717, 1.165) is 16.3 Å². The number of anilines is 1. The highest BCUT2D eigenvalue weighted by Crippen LogP contribution is 2.19. The number of nitrogens with zero attached hydrogens (tertiary/aromatic N) is 3. The van der Waals surface area contributed by atoms with Crippen LogP contribution in [0.25, 0.3) is 5.65 Å². The van der Waals surface area contributed by atoms with Gasteiger partial charge >= 0.3 is 5.69 Å². The van der Waals surface area contributed by atoms with Gasteiger partial charge in [0.05, 0.1) is 10.6 Å². The highest BCUT2D eigenvalue weighted by atomic mass is 35.5. The van der Waals surface area contributed by atoms with Gasteiger partial charge in [-0.3, -0.25) is 9.59 Å². The lowest BCUT2D eigenvalue weighted by atomic mass is 10.2. The van der Waals surface area contributed by atoms with E-state index in [1.807, 2.05) is 30.3 Å². The second kappa shape index (κ2) is 9.03. The topological polar surface area (TPSA) is 97.5 Å². The van der Waals surface area contributed by atoms with Gasteiger partial charge < -0.3 is 10.6 Å². The van der Waals surface area contributed by atoms with E-state index in [1.54, 1.807) is 6.07 Å². The molecule has 2 N–H and O–H groups in total. The van der Waals surface area contributed by atoms with Gasteiger partial charge in [-0.1, -0.05) is 41.9 Å². The normalized spacial score (nSPS) is 10.8. The molecule has 0 aliphatic heterocycles. The number of carbonyl (C=O) groups excluding carboxylic acids is 2. The molecule has 162 valence electrons. The van der Waals surface area contributed by atoms with Crippen molar-refractivity contribution in [2.45, 2.75) is 13.1 Å². The molecule has 0 saturated carbocycles. The van der Waals surface area contributed by atoms with Crippen LogP contribution in [0.4, 0.5) is 10.1 Å². The largest absolute Gasteiger partial charge is 0.350 e. The standard InChI is InChI=1S/C22H17ClFN5O3/c23-17-10-16(7-8-18(17)24)26-20(30)13-29-22(32)28-12-15(6-9-19(28)27-29)21(31)25-11-14-4-2-1-3-5-14/h1-10,12H,11,13H2,(H,25,31)(H,26,30). The first kappa shape index (κ1) is 21.3. The number of aromatic nitrogens is 3. The fraction of sp³-hybridized carbons (Fsp3) is 0.0909. The SMILES string of the molecule is O=C(Cn1nc2ccc(C(=O)NCc3ccccc3)cn2c1=O)Nc1ccc(F)c(Cl)c1. The third-order valence-electron chi connectivity index (χ3n) is 4.63. The fourth-order valence-corrected chi connectivity index (χ4v) is 3.23. The summed E-state index contributed by atoms with van der Waals surface area (Å²) in [5.41, 5.74) is 1.22. The molecule has 0 unspecified atom stereocenters. The number of nitrogens with one attached hydrogen (secondary N) is 2. The van der Waals surface area contributed by atoms with Gasteiger partial charge in [0, 0.05) is 18.4 Å². The summed E-state index contributed by atoms with van der Waals surface area (Å²) in [5.74, 6) is -1.50. The van der Waals surface area contributed by atoms with E-state index in [4.69, 9.17) is 11.6 Å². The number of hydrogen-bond acceptors (Lipinski definition) is 4. The van der Waals surface area contributed by atoms with Crippen molar-refractivity contribution in [2.24, 2.45) is 0 Å². The van der Waals surface area contributed by atoms with Crippen LogP contribution in [0.5, 0.6) is 0 Å². The van der Waals surface area contributed by atoms with Gasteiger partial charge in [0.1, 0.15) is 12.4 Å². The smallest absolute Gasteiger partial charge is 0.348 e. The van der Waals surface area contributed by atoms with Gasteiger partial charge in [0.25, 0.3) is 5.91 Å². The van der Waals surface area contributed by atoms with Crippen LogP contribution in [-0.4, -0.2) is 26.0 Å². The van der Waals surface area contributed by atoms with E-state index < -0.39 is 17.4 Å². The van der Waals surface area contributed by atoms with Crippen molar-refractivity contribution in [3.63, 3.8) is 0 Å². The molecule has 0 radical (unpaired) electrons. The van der Waals surface area contributed by atoms with E-state index >= 15 is 0 Å². The van der Waals surface area contributed by atoms with Crippen LogP contribution in [0, 0.1) is 5.82 Å². The molecule has 0 saturated heterocycles. The summed E-state index contributed by atoms with van der Waals surface area (Å²) < 4.78 is 15.4. The van der Waals surface area contributed by atoms with Crippen LogP contribution in [-0.2, 0) is 17.9 Å². The molecule has 2 heterocycles. The Bertz CT molecular complexity index is 1370. The van der Waals surface area contributed by atoms with Crippen molar-refractivity contribution in [3.05, 3.63) is 99.3 Å². The number of halogens is 2. The quantitative estimate of drug-likeness (QED) is 0.469. The van der Waals surface area contributed by atoms with E-state index in [0.29, 0.717) is 6.54 Å². The van der Waals surface area contributed by atoms with E-state index in [1.165, 1.54) is 28.8 Å². The molecule has 8 nitrogen and oxygen atoms in total. The molecular formula is C22H17ClFN5O3. The fourth-order valence-electron chi connectivity index (χ4n) is 3.05. The Hall–Kier alpha value is -3.98. The Labute approximate surface area is 186 Å². The van der Waals surface area contributed by atoms with Gasteiger partial charge in [-0.05, 0) is 35.9 Å².